The molecule has 1 heterocycles. The lowest BCUT2D eigenvalue weighted by atomic mass is 10.2. The number of pyridine rings is 1. The average Bonchev–Trinajstić information content (AvgIpc) is 2.19. The van der Waals surface area contributed by atoms with Gasteiger partial charge in [0.15, 0.2) is 0 Å². The van der Waals surface area contributed by atoms with E-state index < -0.39 is 0 Å². The summed E-state index contributed by atoms with van der Waals surface area (Å²) < 4.78 is 0. The maximum Gasteiger partial charge on any atom is 0.240 e. The van der Waals surface area contributed by atoms with E-state index >= 15 is 0 Å². The van der Waals surface area contributed by atoms with Crippen molar-refractivity contribution < 1.29 is 4.79 Å². The lowest BCUT2D eigenvalue weighted by molar-refractivity contribution is 0.565. The summed E-state index contributed by atoms with van der Waals surface area (Å²) in [5.74, 6) is 0. The summed E-state index contributed by atoms with van der Waals surface area (Å²) in [4.78, 5) is 17.8. The van der Waals surface area contributed by atoms with Crippen molar-refractivity contribution in [2.24, 2.45) is 4.99 Å². The molecule has 0 atom stereocenters. The Morgan fingerprint density at radius 2 is 2.08 bits per heavy atom. The summed E-state index contributed by atoms with van der Waals surface area (Å²) in [7, 11) is 0. The Bertz CT molecular complexity index is 482. The fourth-order valence-corrected chi connectivity index (χ4v) is 1.23. The topological polar surface area (TPSA) is 42.3 Å². The van der Waals surface area contributed by atoms with E-state index in [2.05, 4.69) is 9.98 Å². The molecular formula is C10H6N2O. The number of benzene rings is 1. The Labute approximate surface area is 74.8 Å². The summed E-state index contributed by atoms with van der Waals surface area (Å²) in [6.45, 7) is 0. The molecule has 62 valence electrons. The SMILES string of the molecule is O=C=Nc1cccc2cccnc12. The molecule has 0 aliphatic heterocycles. The molecule has 0 saturated heterocycles. The Hall–Kier alpha value is -1.99. The van der Waals surface area contributed by atoms with Gasteiger partial charge in [-0.2, -0.15) is 4.99 Å². The van der Waals surface area contributed by atoms with E-state index in [4.69, 9.17) is 0 Å². The quantitative estimate of drug-likeness (QED) is 0.486. The minimum Gasteiger partial charge on any atom is -0.254 e. The number of fused-ring (bicyclic) bond motifs is 1. The molecule has 0 aliphatic carbocycles. The third-order valence-corrected chi connectivity index (χ3v) is 1.78. The van der Waals surface area contributed by atoms with Gasteiger partial charge in [-0.05, 0) is 12.1 Å². The predicted molar refractivity (Wildman–Crippen MR) is 49.5 cm³/mol. The third-order valence-electron chi connectivity index (χ3n) is 1.78. The van der Waals surface area contributed by atoms with Crippen LogP contribution in [0.15, 0.2) is 41.5 Å². The highest BCUT2D eigenvalue weighted by Crippen LogP contribution is 2.22. The summed E-state index contributed by atoms with van der Waals surface area (Å²) in [6, 6.07) is 9.26. The Morgan fingerprint density at radius 3 is 2.92 bits per heavy atom. The smallest absolute Gasteiger partial charge is 0.240 e. The van der Waals surface area contributed by atoms with Gasteiger partial charge >= 0.3 is 0 Å². The largest absolute Gasteiger partial charge is 0.254 e. The number of isocyanates is 1. The summed E-state index contributed by atoms with van der Waals surface area (Å²) >= 11 is 0. The van der Waals surface area contributed by atoms with Crippen LogP contribution in [0.5, 0.6) is 0 Å². The number of hydrogen-bond acceptors (Lipinski definition) is 3. The zero-order valence-corrected chi connectivity index (χ0v) is 6.77. The molecule has 0 unspecified atom stereocenters. The maximum absolute atomic E-state index is 10.1. The van der Waals surface area contributed by atoms with E-state index in [0.717, 1.165) is 10.9 Å². The van der Waals surface area contributed by atoms with Gasteiger partial charge in [0.05, 0.1) is 5.52 Å². The van der Waals surface area contributed by atoms with Crippen molar-refractivity contribution >= 4 is 22.7 Å². The highest BCUT2D eigenvalue weighted by molar-refractivity contribution is 5.89. The van der Waals surface area contributed by atoms with Gasteiger partial charge in [0, 0.05) is 11.6 Å². The van der Waals surface area contributed by atoms with Crippen LogP contribution in [-0.2, 0) is 4.79 Å². The molecule has 0 fully saturated rings. The van der Waals surface area contributed by atoms with Gasteiger partial charge in [-0.15, -0.1) is 0 Å². The predicted octanol–water partition coefficient (Wildman–Crippen LogP) is 2.20. The van der Waals surface area contributed by atoms with Crippen molar-refractivity contribution in [1.82, 2.24) is 4.98 Å². The molecule has 0 radical (unpaired) electrons. The molecule has 0 spiro atoms. The van der Waals surface area contributed by atoms with Gasteiger partial charge in [-0.1, -0.05) is 18.2 Å². The third kappa shape index (κ3) is 1.33. The molecule has 2 rings (SSSR count). The average molecular weight is 170 g/mol. The molecule has 0 amide bonds. The van der Waals surface area contributed by atoms with Crippen molar-refractivity contribution in [3.63, 3.8) is 0 Å². The number of nitrogens with zero attached hydrogens (tertiary/aromatic N) is 2. The van der Waals surface area contributed by atoms with Crippen molar-refractivity contribution in [3.05, 3.63) is 36.5 Å². The van der Waals surface area contributed by atoms with E-state index in [1.165, 1.54) is 6.08 Å². The monoisotopic (exact) mass is 170 g/mol. The molecular weight excluding hydrogens is 164 g/mol. The van der Waals surface area contributed by atoms with Gasteiger partial charge in [0.25, 0.3) is 0 Å². The van der Waals surface area contributed by atoms with Crippen LogP contribution in [0.2, 0.25) is 0 Å². The Balaban J connectivity index is 2.82. The van der Waals surface area contributed by atoms with Crippen LogP contribution in [0.3, 0.4) is 0 Å². The molecule has 1 aromatic carbocycles. The van der Waals surface area contributed by atoms with E-state index in [-0.39, 0.29) is 0 Å². The number of aromatic nitrogens is 1. The van der Waals surface area contributed by atoms with Gasteiger partial charge in [0.2, 0.25) is 6.08 Å². The van der Waals surface area contributed by atoms with Crippen molar-refractivity contribution in [2.75, 3.05) is 0 Å². The lowest BCUT2D eigenvalue weighted by Crippen LogP contribution is -1.77. The standard InChI is InChI=1S/C10H6N2O/c13-7-12-9-5-1-3-8-4-2-6-11-10(8)9/h1-6H. The number of hydrogen-bond donors (Lipinski definition) is 0. The van der Waals surface area contributed by atoms with Crippen molar-refractivity contribution in [1.29, 1.82) is 0 Å². The molecule has 3 heteroatoms. The molecule has 3 nitrogen and oxygen atoms in total. The number of aliphatic imine (C=N–C) groups is 1. The minimum atomic E-state index is 0.563. The molecule has 2 aromatic rings. The first-order valence-corrected chi connectivity index (χ1v) is 3.83. The Kier molecular flexibility index (Phi) is 1.87. The molecule has 0 saturated carbocycles. The zero-order valence-electron chi connectivity index (χ0n) is 6.77. The molecule has 1 aromatic heterocycles. The second-order valence-electron chi connectivity index (χ2n) is 2.56. The number of carbonyl (C=O) groups excluding carboxylic acids is 1. The Morgan fingerprint density at radius 1 is 1.23 bits per heavy atom. The van der Waals surface area contributed by atoms with E-state index in [1.54, 1.807) is 12.3 Å². The summed E-state index contributed by atoms with van der Waals surface area (Å²) in [6.07, 6.45) is 3.18. The normalized spacial score (nSPS) is 9.54. The first-order chi connectivity index (χ1) is 6.42. The number of para-hydroxylation sites is 1. The molecule has 0 bridgehead atoms. The van der Waals surface area contributed by atoms with Gasteiger partial charge < -0.3 is 0 Å². The van der Waals surface area contributed by atoms with Gasteiger partial charge in [-0.3, -0.25) is 4.98 Å². The van der Waals surface area contributed by atoms with E-state index in [9.17, 15) is 4.79 Å². The highest BCUT2D eigenvalue weighted by Gasteiger charge is 1.98. The van der Waals surface area contributed by atoms with Crippen LogP contribution in [-0.4, -0.2) is 11.1 Å². The maximum atomic E-state index is 10.1. The molecule has 0 aliphatic rings. The first kappa shape index (κ1) is 7.65. The second kappa shape index (κ2) is 3.17. The first-order valence-electron chi connectivity index (χ1n) is 3.83. The van der Waals surface area contributed by atoms with Gasteiger partial charge in [0.1, 0.15) is 5.69 Å². The van der Waals surface area contributed by atoms with E-state index in [1.807, 2.05) is 24.3 Å². The fraction of sp³-hybridized carbons (Fsp3) is 0. The second-order valence-corrected chi connectivity index (χ2v) is 2.56. The minimum absolute atomic E-state index is 0.563. The highest BCUT2D eigenvalue weighted by atomic mass is 16.1. The number of rotatable bonds is 1. The lowest BCUT2D eigenvalue weighted by Gasteiger charge is -1.97. The van der Waals surface area contributed by atoms with Crippen molar-refractivity contribution in [2.45, 2.75) is 0 Å². The fourth-order valence-electron chi connectivity index (χ4n) is 1.23. The summed E-state index contributed by atoms with van der Waals surface area (Å²) in [5, 5.41) is 0.971. The zero-order chi connectivity index (χ0) is 9.10. The van der Waals surface area contributed by atoms with Crippen LogP contribution in [0.25, 0.3) is 10.9 Å². The van der Waals surface area contributed by atoms with Crippen LogP contribution < -0.4 is 0 Å². The van der Waals surface area contributed by atoms with Crippen LogP contribution in [0.4, 0.5) is 5.69 Å². The van der Waals surface area contributed by atoms with Crippen LogP contribution in [0.1, 0.15) is 0 Å². The molecule has 0 N–H and O–H groups in total. The summed E-state index contributed by atoms with van der Waals surface area (Å²) in [5.41, 5.74) is 1.29. The van der Waals surface area contributed by atoms with Crippen LogP contribution >= 0.6 is 0 Å². The molecule has 13 heavy (non-hydrogen) atoms. The van der Waals surface area contributed by atoms with Crippen LogP contribution in [0, 0.1) is 0 Å². The van der Waals surface area contributed by atoms with E-state index in [0.29, 0.717) is 5.69 Å². The van der Waals surface area contributed by atoms with Crippen molar-refractivity contribution in [3.8, 4) is 0 Å². The van der Waals surface area contributed by atoms with Gasteiger partial charge in [-0.25, -0.2) is 4.79 Å².